The Bertz CT molecular complexity index is 492. The number of rotatable bonds is 1. The van der Waals surface area contributed by atoms with Crippen molar-refractivity contribution in [1.29, 1.82) is 0 Å². The highest BCUT2D eigenvalue weighted by atomic mass is 79.9. The van der Waals surface area contributed by atoms with Crippen molar-refractivity contribution in [2.75, 3.05) is 0 Å². The van der Waals surface area contributed by atoms with Crippen LogP contribution >= 0.6 is 15.9 Å². The van der Waals surface area contributed by atoms with Crippen LogP contribution in [-0.4, -0.2) is 5.60 Å². The van der Waals surface area contributed by atoms with E-state index in [1.807, 2.05) is 0 Å². The lowest BCUT2D eigenvalue weighted by molar-refractivity contribution is -0.0160. The summed E-state index contributed by atoms with van der Waals surface area (Å²) in [6.07, 6.45) is 5.80. The molecule has 1 aromatic rings. The van der Waals surface area contributed by atoms with Crippen LogP contribution in [0.15, 0.2) is 22.7 Å². The van der Waals surface area contributed by atoms with Gasteiger partial charge in [-0.2, -0.15) is 0 Å². The van der Waals surface area contributed by atoms with Crippen molar-refractivity contribution < 1.29 is 4.74 Å². The van der Waals surface area contributed by atoms with Crippen molar-refractivity contribution in [3.05, 3.63) is 28.2 Å². The zero-order valence-corrected chi connectivity index (χ0v) is 13.9. The Morgan fingerprint density at radius 1 is 1.30 bits per heavy atom. The summed E-state index contributed by atoms with van der Waals surface area (Å²) < 4.78 is 7.50. The average molecular weight is 338 g/mol. The van der Waals surface area contributed by atoms with Gasteiger partial charge in [-0.25, -0.2) is 0 Å². The molecule has 0 bridgehead atoms. The summed E-state index contributed by atoms with van der Waals surface area (Å²) in [6.45, 7) is 4.67. The van der Waals surface area contributed by atoms with Crippen molar-refractivity contribution in [2.45, 2.75) is 57.6 Å². The molecule has 20 heavy (non-hydrogen) atoms. The lowest BCUT2D eigenvalue weighted by Gasteiger charge is -2.46. The van der Waals surface area contributed by atoms with E-state index in [9.17, 15) is 0 Å². The second-order valence-electron chi connectivity index (χ2n) is 6.86. The highest BCUT2D eigenvalue weighted by Crippen LogP contribution is 2.47. The topological polar surface area (TPSA) is 35.2 Å². The first-order valence-corrected chi connectivity index (χ1v) is 8.52. The summed E-state index contributed by atoms with van der Waals surface area (Å²) >= 11 is 3.53. The summed E-state index contributed by atoms with van der Waals surface area (Å²) in [6, 6.07) is 6.33. The highest BCUT2D eigenvalue weighted by Gasteiger charge is 2.43. The van der Waals surface area contributed by atoms with Crippen LogP contribution in [0, 0.1) is 11.8 Å². The van der Waals surface area contributed by atoms with Crippen molar-refractivity contribution in [3.63, 3.8) is 0 Å². The van der Waals surface area contributed by atoms with E-state index in [0.717, 1.165) is 46.9 Å². The molecule has 1 fully saturated rings. The second-order valence-corrected chi connectivity index (χ2v) is 7.77. The lowest BCUT2D eigenvalue weighted by Crippen LogP contribution is -2.46. The fraction of sp³-hybridized carbons (Fsp3) is 0.647. The van der Waals surface area contributed by atoms with E-state index in [-0.39, 0.29) is 11.6 Å². The van der Waals surface area contributed by atoms with Gasteiger partial charge in [0.15, 0.2) is 0 Å². The normalized spacial score (nSPS) is 33.0. The van der Waals surface area contributed by atoms with Gasteiger partial charge >= 0.3 is 0 Å². The number of ether oxygens (including phenoxy) is 1. The SMILES string of the molecule is CC(C)C1CCC2(CC1)CC(N)c1ccc(Br)cc1O2. The first-order valence-electron chi connectivity index (χ1n) is 7.73. The molecule has 2 aliphatic rings. The molecule has 1 saturated carbocycles. The van der Waals surface area contributed by atoms with Crippen molar-refractivity contribution >= 4 is 15.9 Å². The summed E-state index contributed by atoms with van der Waals surface area (Å²) in [5.74, 6) is 2.62. The van der Waals surface area contributed by atoms with Gasteiger partial charge in [-0.05, 0) is 49.7 Å². The van der Waals surface area contributed by atoms with Gasteiger partial charge in [0.2, 0.25) is 0 Å². The number of nitrogens with two attached hydrogens (primary N) is 1. The van der Waals surface area contributed by atoms with E-state index in [1.165, 1.54) is 12.8 Å². The van der Waals surface area contributed by atoms with Crippen LogP contribution in [0.2, 0.25) is 0 Å². The molecule has 2 nitrogen and oxygen atoms in total. The van der Waals surface area contributed by atoms with E-state index in [2.05, 4.69) is 48.0 Å². The van der Waals surface area contributed by atoms with Crippen molar-refractivity contribution in [1.82, 2.24) is 0 Å². The smallest absolute Gasteiger partial charge is 0.126 e. The predicted octanol–water partition coefficient (Wildman–Crippen LogP) is 4.82. The van der Waals surface area contributed by atoms with Gasteiger partial charge in [-0.15, -0.1) is 0 Å². The van der Waals surface area contributed by atoms with E-state index < -0.39 is 0 Å². The van der Waals surface area contributed by atoms with Crippen LogP contribution < -0.4 is 10.5 Å². The molecule has 1 unspecified atom stereocenters. The number of fused-ring (bicyclic) bond motifs is 1. The molecule has 0 radical (unpaired) electrons. The third-order valence-electron chi connectivity index (χ3n) is 5.18. The summed E-state index contributed by atoms with van der Waals surface area (Å²) in [5.41, 5.74) is 7.54. The molecule has 0 aromatic heterocycles. The summed E-state index contributed by atoms with van der Waals surface area (Å²) in [4.78, 5) is 0. The third-order valence-corrected chi connectivity index (χ3v) is 5.67. The zero-order chi connectivity index (χ0) is 14.3. The Morgan fingerprint density at radius 3 is 2.65 bits per heavy atom. The van der Waals surface area contributed by atoms with Gasteiger partial charge in [-0.3, -0.25) is 0 Å². The molecule has 1 spiro atoms. The molecule has 3 heteroatoms. The van der Waals surface area contributed by atoms with E-state index in [1.54, 1.807) is 0 Å². The van der Waals surface area contributed by atoms with Gasteiger partial charge in [0.25, 0.3) is 0 Å². The Labute approximate surface area is 130 Å². The minimum Gasteiger partial charge on any atom is -0.487 e. The van der Waals surface area contributed by atoms with Crippen LogP contribution in [0.5, 0.6) is 5.75 Å². The molecule has 110 valence electrons. The Hall–Kier alpha value is -0.540. The van der Waals surface area contributed by atoms with Crippen molar-refractivity contribution in [2.24, 2.45) is 17.6 Å². The monoisotopic (exact) mass is 337 g/mol. The first kappa shape index (κ1) is 14.4. The molecule has 3 rings (SSSR count). The first-order chi connectivity index (χ1) is 9.49. The van der Waals surface area contributed by atoms with Crippen LogP contribution in [0.1, 0.15) is 57.6 Å². The number of benzene rings is 1. The number of hydrogen-bond acceptors (Lipinski definition) is 2. The quantitative estimate of drug-likeness (QED) is 0.797. The number of hydrogen-bond donors (Lipinski definition) is 1. The van der Waals surface area contributed by atoms with Gasteiger partial charge < -0.3 is 10.5 Å². The standard InChI is InChI=1S/C17H24BrNO/c1-11(2)12-5-7-17(8-6-12)10-15(19)14-4-3-13(18)9-16(14)20-17/h3-4,9,11-12,15H,5-8,10,19H2,1-2H3. The molecule has 1 aromatic carbocycles. The van der Waals surface area contributed by atoms with Crippen LogP contribution in [0.4, 0.5) is 0 Å². The maximum absolute atomic E-state index is 6.43. The minimum absolute atomic E-state index is 0.0153. The molecule has 1 heterocycles. The zero-order valence-electron chi connectivity index (χ0n) is 12.4. The largest absolute Gasteiger partial charge is 0.487 e. The predicted molar refractivity (Wildman–Crippen MR) is 85.8 cm³/mol. The van der Waals surface area contributed by atoms with E-state index >= 15 is 0 Å². The fourth-order valence-electron chi connectivity index (χ4n) is 3.83. The van der Waals surface area contributed by atoms with Gasteiger partial charge in [0.05, 0.1) is 0 Å². The van der Waals surface area contributed by atoms with Crippen LogP contribution in [-0.2, 0) is 0 Å². The van der Waals surface area contributed by atoms with Gasteiger partial charge in [0, 0.05) is 22.5 Å². The average Bonchev–Trinajstić information content (AvgIpc) is 2.38. The number of halogens is 1. The minimum atomic E-state index is -0.0153. The van der Waals surface area contributed by atoms with Gasteiger partial charge in [-0.1, -0.05) is 35.8 Å². The fourth-order valence-corrected chi connectivity index (χ4v) is 4.17. The third kappa shape index (κ3) is 2.62. The van der Waals surface area contributed by atoms with Crippen LogP contribution in [0.25, 0.3) is 0 Å². The van der Waals surface area contributed by atoms with Crippen molar-refractivity contribution in [3.8, 4) is 5.75 Å². The van der Waals surface area contributed by atoms with E-state index in [0.29, 0.717) is 0 Å². The molecule has 1 atom stereocenters. The second kappa shape index (κ2) is 5.34. The lowest BCUT2D eigenvalue weighted by atomic mass is 9.71. The summed E-state index contributed by atoms with van der Waals surface area (Å²) in [7, 11) is 0. The maximum atomic E-state index is 6.43. The highest BCUT2D eigenvalue weighted by molar-refractivity contribution is 9.10. The molecular weight excluding hydrogens is 314 g/mol. The molecule has 0 amide bonds. The molecular formula is C17H24BrNO. The summed E-state index contributed by atoms with van der Waals surface area (Å²) in [5, 5.41) is 0. The Morgan fingerprint density at radius 2 is 2.00 bits per heavy atom. The van der Waals surface area contributed by atoms with E-state index in [4.69, 9.17) is 10.5 Å². The molecule has 1 aliphatic carbocycles. The molecule has 0 saturated heterocycles. The van der Waals surface area contributed by atoms with Gasteiger partial charge in [0.1, 0.15) is 11.4 Å². The maximum Gasteiger partial charge on any atom is 0.126 e. The van der Waals surface area contributed by atoms with Crippen LogP contribution in [0.3, 0.4) is 0 Å². The Balaban J connectivity index is 1.81. The molecule has 1 aliphatic heterocycles. The Kier molecular flexibility index (Phi) is 3.85. The molecule has 2 N–H and O–H groups in total.